The third-order valence-electron chi connectivity index (χ3n) is 0.992. The van der Waals surface area contributed by atoms with Crippen molar-refractivity contribution in [2.24, 2.45) is 0 Å². The average molecular weight is 207 g/mol. The molecule has 0 heterocycles. The predicted octanol–water partition coefficient (Wildman–Crippen LogP) is 0.991. The first-order valence-electron chi connectivity index (χ1n) is 2.71. The Bertz CT molecular complexity index is 68.5. The van der Waals surface area contributed by atoms with Crippen molar-refractivity contribution in [1.82, 2.24) is 0 Å². The van der Waals surface area contributed by atoms with Gasteiger partial charge in [0.15, 0.2) is 0 Å². The van der Waals surface area contributed by atoms with Gasteiger partial charge in [-0.25, -0.2) is 0 Å². The molecule has 0 aromatic rings. The molecule has 0 rings (SSSR count). The number of rotatable bonds is 2. The molecule has 0 N–H and O–H groups in total. The summed E-state index contributed by atoms with van der Waals surface area (Å²) in [6, 6.07) is 0. The zero-order chi connectivity index (χ0) is 5.86. The molecule has 0 atom stereocenters. The fourth-order valence-corrected chi connectivity index (χ4v) is 2.74. The Labute approximate surface area is 51.8 Å². The molecule has 0 aliphatic rings. The molecule has 0 aliphatic carbocycles. The van der Waals surface area contributed by atoms with Crippen LogP contribution < -0.4 is 0 Å². The van der Waals surface area contributed by atoms with Crippen LogP contribution in [0.1, 0.15) is 13.3 Å². The molecule has 0 fully saturated rings. The van der Waals surface area contributed by atoms with E-state index in [2.05, 4.69) is 9.88 Å². The van der Waals surface area contributed by atoms with Crippen LogP contribution in [-0.2, 0) is 4.79 Å². The van der Waals surface area contributed by atoms with Crippen molar-refractivity contribution in [2.75, 3.05) is 0 Å². The summed E-state index contributed by atoms with van der Waals surface area (Å²) in [5.74, 6) is 0. The Kier molecular flexibility index (Phi) is 3.70. The number of carbonyl (C=O) groups excluding carboxylic acids is 1. The summed E-state index contributed by atoms with van der Waals surface area (Å²) >= 11 is -1.48. The second-order valence-electron chi connectivity index (χ2n) is 1.97. The van der Waals surface area contributed by atoms with Crippen LogP contribution in [0.3, 0.4) is 0 Å². The molecule has 42 valence electrons. The number of hydrogen-bond acceptors (Lipinski definition) is 1. The normalized spacial score (nSPS) is 9.71. The molecule has 0 spiro atoms. The van der Waals surface area contributed by atoms with E-state index in [0.29, 0.717) is 3.80 Å². The van der Waals surface area contributed by atoms with E-state index in [4.69, 9.17) is 0 Å². The van der Waals surface area contributed by atoms with Crippen molar-refractivity contribution < 1.29 is 4.79 Å². The van der Waals surface area contributed by atoms with Gasteiger partial charge in [0, 0.05) is 0 Å². The van der Waals surface area contributed by atoms with E-state index in [1.54, 1.807) is 0 Å². The maximum absolute atomic E-state index is 10.6. The Morgan fingerprint density at radius 3 is 2.00 bits per heavy atom. The predicted molar refractivity (Wildman–Crippen MR) is 34.2 cm³/mol. The van der Waals surface area contributed by atoms with Gasteiger partial charge in [-0.3, -0.25) is 0 Å². The summed E-state index contributed by atoms with van der Waals surface area (Å²) in [5, 5.41) is 0. The molecule has 1 nitrogen and oxygen atoms in total. The quantitative estimate of drug-likeness (QED) is 0.617. The zero-order valence-electron chi connectivity index (χ0n) is 5.19. The van der Waals surface area contributed by atoms with Gasteiger partial charge >= 0.3 is 51.6 Å². The molecule has 0 aromatic heterocycles. The summed E-state index contributed by atoms with van der Waals surface area (Å²) in [7, 11) is 0. The molecule has 0 unspecified atom stereocenters. The van der Waals surface area contributed by atoms with Crippen molar-refractivity contribution in [3.63, 3.8) is 0 Å². The van der Waals surface area contributed by atoms with Crippen molar-refractivity contribution in [3.05, 3.63) is 0 Å². The second-order valence-corrected chi connectivity index (χ2v) is 10.4. The standard InChI is InChI=1S/C3H5O.2CH3.Sn.H/c1-2-3-4;;;;/h2H2,1H3;2*1H3;;. The first-order chi connectivity index (χ1) is 3.18. The van der Waals surface area contributed by atoms with Gasteiger partial charge in [-0.2, -0.15) is 0 Å². The molecule has 0 aliphatic heterocycles. The zero-order valence-corrected chi connectivity index (χ0v) is 8.49. The van der Waals surface area contributed by atoms with Crippen LogP contribution in [-0.4, -0.2) is 23.6 Å². The first-order valence-corrected chi connectivity index (χ1v) is 10.9. The van der Waals surface area contributed by atoms with Crippen LogP contribution in [0.15, 0.2) is 0 Å². The summed E-state index contributed by atoms with van der Waals surface area (Å²) in [4.78, 5) is 14.9. The van der Waals surface area contributed by atoms with Gasteiger partial charge < -0.3 is 0 Å². The van der Waals surface area contributed by atoms with Crippen LogP contribution in [0.4, 0.5) is 0 Å². The van der Waals surface area contributed by atoms with E-state index >= 15 is 0 Å². The molecule has 0 amide bonds. The van der Waals surface area contributed by atoms with Crippen LogP contribution in [0.25, 0.3) is 0 Å². The summed E-state index contributed by atoms with van der Waals surface area (Å²) < 4.78 is 0.557. The van der Waals surface area contributed by atoms with Crippen LogP contribution in [0.2, 0.25) is 9.88 Å². The Balaban J connectivity index is 3.35. The van der Waals surface area contributed by atoms with Gasteiger partial charge in [0.05, 0.1) is 0 Å². The van der Waals surface area contributed by atoms with Crippen LogP contribution >= 0.6 is 0 Å². The minimum absolute atomic E-state index is 0.557. The third kappa shape index (κ3) is 3.09. The van der Waals surface area contributed by atoms with Crippen LogP contribution in [0, 0.1) is 0 Å². The van der Waals surface area contributed by atoms with E-state index < -0.39 is 19.8 Å². The molecular weight excluding hydrogens is 195 g/mol. The van der Waals surface area contributed by atoms with E-state index in [-0.39, 0.29) is 0 Å². The summed E-state index contributed by atoms with van der Waals surface area (Å²) in [5.41, 5.74) is 0. The molecule has 0 saturated heterocycles. The minimum atomic E-state index is -1.48. The topological polar surface area (TPSA) is 17.1 Å². The SMILES string of the molecule is CC[C](=O)[SnH]([CH3])[CH3]. The number of carbonyl (C=O) groups is 1. The fourth-order valence-electron chi connectivity index (χ4n) is 0.408. The molecule has 0 saturated carbocycles. The molecule has 0 radical (unpaired) electrons. The molecular formula is C5H12OSn. The summed E-state index contributed by atoms with van der Waals surface area (Å²) in [6.45, 7) is 1.94. The molecule has 0 bridgehead atoms. The van der Waals surface area contributed by atoms with E-state index in [9.17, 15) is 4.79 Å². The third-order valence-corrected chi connectivity index (χ3v) is 5.83. The Morgan fingerprint density at radius 2 is 2.00 bits per heavy atom. The summed E-state index contributed by atoms with van der Waals surface area (Å²) in [6.07, 6.45) is 0.772. The van der Waals surface area contributed by atoms with Gasteiger partial charge in [-0.15, -0.1) is 0 Å². The molecule has 7 heavy (non-hydrogen) atoms. The van der Waals surface area contributed by atoms with Crippen molar-refractivity contribution in [2.45, 2.75) is 23.2 Å². The second kappa shape index (κ2) is 3.47. The van der Waals surface area contributed by atoms with Crippen molar-refractivity contribution in [1.29, 1.82) is 0 Å². The number of hydrogen-bond donors (Lipinski definition) is 0. The Hall–Kier alpha value is 0.469. The Morgan fingerprint density at radius 1 is 1.57 bits per heavy atom. The monoisotopic (exact) mass is 208 g/mol. The van der Waals surface area contributed by atoms with E-state index in [1.807, 2.05) is 6.92 Å². The van der Waals surface area contributed by atoms with Gasteiger partial charge in [-0.1, -0.05) is 0 Å². The maximum atomic E-state index is 10.6. The average Bonchev–Trinajstić information content (AvgIpc) is 1.65. The fraction of sp³-hybridized carbons (Fsp3) is 0.800. The van der Waals surface area contributed by atoms with Crippen LogP contribution in [0.5, 0.6) is 0 Å². The van der Waals surface area contributed by atoms with Gasteiger partial charge in [0.25, 0.3) is 0 Å². The molecule has 2 heteroatoms. The van der Waals surface area contributed by atoms with Gasteiger partial charge in [-0.05, 0) is 0 Å². The molecule has 0 aromatic carbocycles. The van der Waals surface area contributed by atoms with E-state index in [0.717, 1.165) is 6.42 Å². The van der Waals surface area contributed by atoms with Gasteiger partial charge in [0.1, 0.15) is 0 Å². The van der Waals surface area contributed by atoms with Crippen molar-refractivity contribution in [3.8, 4) is 0 Å². The van der Waals surface area contributed by atoms with Crippen molar-refractivity contribution >= 4 is 23.6 Å². The van der Waals surface area contributed by atoms with E-state index in [1.165, 1.54) is 0 Å². The van der Waals surface area contributed by atoms with Gasteiger partial charge in [0.2, 0.25) is 0 Å². The first kappa shape index (κ1) is 7.47.